The first-order valence-electron chi connectivity index (χ1n) is 11.7. The van der Waals surface area contributed by atoms with Gasteiger partial charge in [-0.25, -0.2) is 22.7 Å². The molecule has 11 heteroatoms. The lowest BCUT2D eigenvalue weighted by atomic mass is 10.0. The van der Waals surface area contributed by atoms with Gasteiger partial charge in [0.2, 0.25) is 5.91 Å². The second-order valence-electron chi connectivity index (χ2n) is 8.09. The molecule has 3 aromatic rings. The van der Waals surface area contributed by atoms with Crippen LogP contribution >= 0.6 is 0 Å². The highest BCUT2D eigenvalue weighted by molar-refractivity contribution is 7.90. The van der Waals surface area contributed by atoms with Crippen LogP contribution in [0.25, 0.3) is 0 Å². The van der Waals surface area contributed by atoms with Crippen molar-refractivity contribution < 1.29 is 32.3 Å². The Morgan fingerprint density at radius 2 is 1.53 bits per heavy atom. The molecule has 3 rings (SSSR count). The fourth-order valence-corrected chi connectivity index (χ4v) is 4.92. The van der Waals surface area contributed by atoms with E-state index < -0.39 is 38.9 Å². The summed E-state index contributed by atoms with van der Waals surface area (Å²) >= 11 is 0. The smallest absolute Gasteiger partial charge is 0.339 e. The predicted octanol–water partition coefficient (Wildman–Crippen LogP) is 3.13. The number of amides is 3. The number of hydrogen-bond donors (Lipinski definition) is 2. The number of carbonyl (C=O) groups excluding carboxylic acids is 3. The van der Waals surface area contributed by atoms with Crippen LogP contribution < -0.4 is 19.7 Å². The van der Waals surface area contributed by atoms with Gasteiger partial charge in [-0.3, -0.25) is 4.79 Å². The van der Waals surface area contributed by atoms with Gasteiger partial charge in [0.05, 0.1) is 19.8 Å². The van der Waals surface area contributed by atoms with E-state index in [1.54, 1.807) is 55.5 Å². The monoisotopic (exact) mass is 539 g/mol. The number of esters is 1. The number of anilines is 1. The number of sulfonamides is 1. The lowest BCUT2D eigenvalue weighted by molar-refractivity contribution is -0.120. The highest BCUT2D eigenvalue weighted by Gasteiger charge is 2.30. The minimum Gasteiger partial charge on any atom is -0.497 e. The zero-order valence-electron chi connectivity index (χ0n) is 21.2. The summed E-state index contributed by atoms with van der Waals surface area (Å²) in [5, 5.41) is 2.50. The number of hydrogen-bond acceptors (Lipinski definition) is 7. The minimum absolute atomic E-state index is 0.110. The van der Waals surface area contributed by atoms with E-state index in [0.717, 1.165) is 12.7 Å². The highest BCUT2D eigenvalue weighted by Crippen LogP contribution is 2.21. The van der Waals surface area contributed by atoms with Crippen LogP contribution in [0.2, 0.25) is 0 Å². The summed E-state index contributed by atoms with van der Waals surface area (Å²) in [5.41, 5.74) is 1.11. The Morgan fingerprint density at radius 3 is 2.13 bits per heavy atom. The number of nitrogens with zero attached hydrogens (tertiary/aromatic N) is 1. The third-order valence-corrected chi connectivity index (χ3v) is 7.05. The fourth-order valence-electron chi connectivity index (χ4n) is 3.81. The molecule has 2 N–H and O–H groups in total. The molecule has 10 nitrogen and oxygen atoms in total. The van der Waals surface area contributed by atoms with Crippen molar-refractivity contribution in [3.8, 4) is 5.75 Å². The van der Waals surface area contributed by atoms with Gasteiger partial charge in [0, 0.05) is 18.7 Å². The first-order chi connectivity index (χ1) is 18.2. The molecule has 0 aliphatic carbocycles. The zero-order chi connectivity index (χ0) is 27.7. The summed E-state index contributed by atoms with van der Waals surface area (Å²) in [6, 6.07) is 19.0. The fraction of sp³-hybridized carbons (Fsp3) is 0.222. The third kappa shape index (κ3) is 6.88. The molecule has 0 bridgehead atoms. The number of methoxy groups -OCH3 is 2. The summed E-state index contributed by atoms with van der Waals surface area (Å²) < 4.78 is 37.7. The van der Waals surface area contributed by atoms with Crippen molar-refractivity contribution in [2.75, 3.05) is 25.7 Å². The Bertz CT molecular complexity index is 1380. The number of likely N-dealkylation sites (N-methyl/N-ethyl adjacent to an activating group) is 1. The van der Waals surface area contributed by atoms with Crippen molar-refractivity contribution in [1.82, 2.24) is 10.0 Å². The first kappa shape index (κ1) is 28.2. The molecule has 0 unspecified atom stereocenters. The van der Waals surface area contributed by atoms with Gasteiger partial charge in [0.25, 0.3) is 10.0 Å². The molecule has 0 aromatic heterocycles. The normalized spacial score (nSPS) is 11.7. The maximum Gasteiger partial charge on any atom is 0.339 e. The summed E-state index contributed by atoms with van der Waals surface area (Å²) in [7, 11) is -1.82. The number of ether oxygens (including phenoxy) is 2. The SMILES string of the molecule is CCN(C(=O)[C@H](Cc1ccccc1)NC(=O)NS(=O)(=O)c1ccccc1C(=O)OC)c1ccc(OC)cc1. The van der Waals surface area contributed by atoms with Gasteiger partial charge < -0.3 is 19.7 Å². The van der Waals surface area contributed by atoms with Crippen LogP contribution in [0.15, 0.2) is 83.8 Å². The number of carbonyl (C=O) groups is 3. The average Bonchev–Trinajstić information content (AvgIpc) is 2.93. The van der Waals surface area contributed by atoms with E-state index in [9.17, 15) is 22.8 Å². The maximum absolute atomic E-state index is 13.6. The molecule has 200 valence electrons. The molecular weight excluding hydrogens is 510 g/mol. The molecule has 3 aromatic carbocycles. The van der Waals surface area contributed by atoms with E-state index in [2.05, 4.69) is 10.1 Å². The molecule has 3 amide bonds. The molecule has 0 aliphatic heterocycles. The Balaban J connectivity index is 1.87. The molecule has 0 saturated heterocycles. The van der Waals surface area contributed by atoms with Crippen molar-refractivity contribution in [2.45, 2.75) is 24.3 Å². The van der Waals surface area contributed by atoms with E-state index in [1.807, 2.05) is 10.8 Å². The third-order valence-electron chi connectivity index (χ3n) is 5.66. The maximum atomic E-state index is 13.6. The molecule has 1 atom stereocenters. The summed E-state index contributed by atoms with van der Waals surface area (Å²) in [6.45, 7) is 2.08. The number of nitrogens with one attached hydrogen (secondary N) is 2. The second kappa shape index (κ2) is 12.7. The number of urea groups is 1. The standard InChI is InChI=1S/C27H29N3O7S/c1-4-30(20-14-16-21(36-2)17-15-20)25(31)23(18-19-10-6-5-7-11-19)28-27(33)29-38(34,35)24-13-9-8-12-22(24)26(32)37-3/h5-17,23H,4,18H2,1-3H3,(H2,28,29,33)/t23-/m0/s1. The van der Waals surface area contributed by atoms with E-state index in [-0.39, 0.29) is 12.0 Å². The molecule has 0 radical (unpaired) electrons. The highest BCUT2D eigenvalue weighted by atomic mass is 32.2. The van der Waals surface area contributed by atoms with Crippen LogP contribution in [0.4, 0.5) is 10.5 Å². The van der Waals surface area contributed by atoms with Crippen LogP contribution in [0.5, 0.6) is 5.75 Å². The van der Waals surface area contributed by atoms with Gasteiger partial charge >= 0.3 is 12.0 Å². The quantitative estimate of drug-likeness (QED) is 0.379. The minimum atomic E-state index is -4.48. The molecule has 0 heterocycles. The van der Waals surface area contributed by atoms with Crippen LogP contribution in [-0.2, 0) is 26.0 Å². The van der Waals surface area contributed by atoms with Crippen LogP contribution in [0.3, 0.4) is 0 Å². The summed E-state index contributed by atoms with van der Waals surface area (Å²) in [5.74, 6) is -0.696. The largest absolute Gasteiger partial charge is 0.497 e. The topological polar surface area (TPSA) is 131 Å². The van der Waals surface area contributed by atoms with Crippen molar-refractivity contribution in [2.24, 2.45) is 0 Å². The van der Waals surface area contributed by atoms with Crippen molar-refractivity contribution >= 4 is 33.6 Å². The average molecular weight is 540 g/mol. The molecule has 0 saturated carbocycles. The summed E-state index contributed by atoms with van der Waals surface area (Å²) in [6.07, 6.45) is 0.110. The van der Waals surface area contributed by atoms with E-state index in [4.69, 9.17) is 4.74 Å². The Labute approximate surface area is 221 Å². The lowest BCUT2D eigenvalue weighted by Crippen LogP contribution is -2.53. The molecule has 38 heavy (non-hydrogen) atoms. The van der Waals surface area contributed by atoms with Crippen LogP contribution in [0.1, 0.15) is 22.8 Å². The predicted molar refractivity (Wildman–Crippen MR) is 142 cm³/mol. The number of rotatable bonds is 10. The van der Waals surface area contributed by atoms with E-state index in [1.165, 1.54) is 36.3 Å². The van der Waals surface area contributed by atoms with Crippen LogP contribution in [0, 0.1) is 0 Å². The second-order valence-corrected chi connectivity index (χ2v) is 9.74. The van der Waals surface area contributed by atoms with Gasteiger partial charge in [-0.05, 0) is 48.9 Å². The molecule has 0 aliphatic rings. The Kier molecular flexibility index (Phi) is 9.44. The van der Waals surface area contributed by atoms with E-state index in [0.29, 0.717) is 18.0 Å². The Morgan fingerprint density at radius 1 is 0.895 bits per heavy atom. The van der Waals surface area contributed by atoms with Crippen molar-refractivity contribution in [3.63, 3.8) is 0 Å². The van der Waals surface area contributed by atoms with Gasteiger partial charge in [-0.1, -0.05) is 42.5 Å². The number of benzene rings is 3. The lowest BCUT2D eigenvalue weighted by Gasteiger charge is -2.27. The summed E-state index contributed by atoms with van der Waals surface area (Å²) in [4.78, 5) is 39.6. The van der Waals surface area contributed by atoms with Crippen molar-refractivity contribution in [1.29, 1.82) is 0 Å². The molecular formula is C27H29N3O7S. The zero-order valence-corrected chi connectivity index (χ0v) is 22.0. The van der Waals surface area contributed by atoms with Gasteiger partial charge in [0.15, 0.2) is 0 Å². The van der Waals surface area contributed by atoms with Crippen LogP contribution in [-0.4, -0.2) is 53.1 Å². The first-order valence-corrected chi connectivity index (χ1v) is 13.2. The van der Waals surface area contributed by atoms with E-state index >= 15 is 0 Å². The van der Waals surface area contributed by atoms with Gasteiger partial charge in [0.1, 0.15) is 16.7 Å². The van der Waals surface area contributed by atoms with Gasteiger partial charge in [-0.15, -0.1) is 0 Å². The molecule has 0 fully saturated rings. The van der Waals surface area contributed by atoms with Gasteiger partial charge in [-0.2, -0.15) is 0 Å². The Hall–Kier alpha value is -4.38. The molecule has 0 spiro atoms. The van der Waals surface area contributed by atoms with Crippen molar-refractivity contribution in [3.05, 3.63) is 90.0 Å².